The summed E-state index contributed by atoms with van der Waals surface area (Å²) < 4.78 is 11.0. The number of halogens is 1. The number of thioether (sulfide) groups is 1. The molecule has 27 heavy (non-hydrogen) atoms. The zero-order valence-electron chi connectivity index (χ0n) is 14.6. The second kappa shape index (κ2) is 6.62. The molecule has 0 radical (unpaired) electrons. The first kappa shape index (κ1) is 17.2. The summed E-state index contributed by atoms with van der Waals surface area (Å²) in [4.78, 5) is 6.75. The molecule has 0 amide bonds. The van der Waals surface area contributed by atoms with E-state index >= 15 is 0 Å². The van der Waals surface area contributed by atoms with Crippen LogP contribution in [0.2, 0.25) is 5.02 Å². The second-order valence-electron chi connectivity index (χ2n) is 6.84. The largest absolute Gasteiger partial charge is 0.454 e. The maximum atomic E-state index is 12.1. The van der Waals surface area contributed by atoms with Crippen molar-refractivity contribution >= 4 is 28.5 Å². The quantitative estimate of drug-likeness (QED) is 0.817. The molecule has 3 aliphatic rings. The van der Waals surface area contributed by atoms with Gasteiger partial charge in [0, 0.05) is 23.7 Å². The van der Waals surface area contributed by atoms with Crippen molar-refractivity contribution in [2.24, 2.45) is 4.99 Å². The van der Waals surface area contributed by atoms with E-state index in [4.69, 9.17) is 26.1 Å². The van der Waals surface area contributed by atoms with E-state index in [1.165, 1.54) is 0 Å². The van der Waals surface area contributed by atoms with Crippen LogP contribution in [0.5, 0.6) is 11.5 Å². The number of amidine groups is 1. The van der Waals surface area contributed by atoms with Crippen LogP contribution in [0.25, 0.3) is 0 Å². The van der Waals surface area contributed by atoms with Gasteiger partial charge in [0.05, 0.1) is 5.25 Å². The molecule has 2 aromatic rings. The zero-order valence-corrected chi connectivity index (χ0v) is 16.2. The number of aliphatic hydroxyl groups is 1. The number of benzene rings is 2. The van der Waals surface area contributed by atoms with E-state index in [2.05, 4.69) is 0 Å². The number of ether oxygens (including phenoxy) is 2. The SMILES string of the molecule is OC1(c2ccc3c(c2)OCO3)C(c2ccccc2Cl)SC2=NCCCCN21. The summed E-state index contributed by atoms with van der Waals surface area (Å²) in [6.45, 7) is 1.74. The Bertz CT molecular complexity index is 922. The summed E-state index contributed by atoms with van der Waals surface area (Å²) >= 11 is 8.09. The highest BCUT2D eigenvalue weighted by Crippen LogP contribution is 2.56. The Hall–Kier alpha value is -1.89. The molecule has 0 aliphatic carbocycles. The fraction of sp³-hybridized carbons (Fsp3) is 0.350. The number of fused-ring (bicyclic) bond motifs is 2. The lowest BCUT2D eigenvalue weighted by Crippen LogP contribution is -2.46. The lowest BCUT2D eigenvalue weighted by Gasteiger charge is -2.38. The molecule has 0 aromatic heterocycles. The number of rotatable bonds is 2. The smallest absolute Gasteiger partial charge is 0.231 e. The first-order chi connectivity index (χ1) is 13.2. The average molecular weight is 403 g/mol. The van der Waals surface area contributed by atoms with Crippen molar-refractivity contribution in [1.29, 1.82) is 0 Å². The molecule has 2 aromatic carbocycles. The molecule has 1 saturated heterocycles. The van der Waals surface area contributed by atoms with Crippen molar-refractivity contribution < 1.29 is 14.6 Å². The minimum absolute atomic E-state index is 0.205. The highest BCUT2D eigenvalue weighted by Gasteiger charge is 2.54. The highest BCUT2D eigenvalue weighted by atomic mass is 35.5. The summed E-state index contributed by atoms with van der Waals surface area (Å²) in [6, 6.07) is 13.3. The molecule has 5 rings (SSSR count). The van der Waals surface area contributed by atoms with Gasteiger partial charge in [-0.3, -0.25) is 4.99 Å². The van der Waals surface area contributed by atoms with Crippen LogP contribution in [0.4, 0.5) is 0 Å². The Morgan fingerprint density at radius 1 is 1.15 bits per heavy atom. The van der Waals surface area contributed by atoms with Gasteiger partial charge in [0.1, 0.15) is 0 Å². The monoisotopic (exact) mass is 402 g/mol. The van der Waals surface area contributed by atoms with E-state index in [-0.39, 0.29) is 12.0 Å². The van der Waals surface area contributed by atoms with Gasteiger partial charge in [0.25, 0.3) is 0 Å². The third-order valence-corrected chi connectivity index (χ3v) is 6.98. The van der Waals surface area contributed by atoms with Crippen molar-refractivity contribution in [1.82, 2.24) is 4.90 Å². The summed E-state index contributed by atoms with van der Waals surface area (Å²) in [6.07, 6.45) is 2.00. The van der Waals surface area contributed by atoms with Crippen molar-refractivity contribution in [2.45, 2.75) is 23.8 Å². The van der Waals surface area contributed by atoms with E-state index in [0.29, 0.717) is 16.5 Å². The maximum Gasteiger partial charge on any atom is 0.231 e. The lowest BCUT2D eigenvalue weighted by atomic mass is 9.92. The molecule has 7 heteroatoms. The molecule has 1 N–H and O–H groups in total. The van der Waals surface area contributed by atoms with Crippen LogP contribution in [0, 0.1) is 0 Å². The molecule has 1 fully saturated rings. The van der Waals surface area contributed by atoms with Crippen molar-refractivity contribution in [3.8, 4) is 11.5 Å². The fourth-order valence-electron chi connectivity index (χ4n) is 3.88. The number of hydrogen-bond donors (Lipinski definition) is 1. The van der Waals surface area contributed by atoms with Crippen LogP contribution in [-0.2, 0) is 5.72 Å². The van der Waals surface area contributed by atoms with Gasteiger partial charge in [-0.25, -0.2) is 0 Å². The molecule has 0 spiro atoms. The van der Waals surface area contributed by atoms with Gasteiger partial charge in [-0.05, 0) is 36.6 Å². The maximum absolute atomic E-state index is 12.1. The topological polar surface area (TPSA) is 54.3 Å². The molecule has 3 heterocycles. The summed E-state index contributed by atoms with van der Waals surface area (Å²) in [5.41, 5.74) is 0.399. The van der Waals surface area contributed by atoms with Crippen molar-refractivity contribution in [2.75, 3.05) is 19.9 Å². The van der Waals surface area contributed by atoms with Gasteiger partial charge in [-0.1, -0.05) is 47.6 Å². The minimum atomic E-state index is -1.26. The standard InChI is InChI=1S/C20H19ClN2O3S/c21-15-6-2-1-5-14(15)18-20(24,23-10-4-3-9-22-19(23)27-18)13-7-8-16-17(11-13)26-12-25-16/h1-2,5-8,11,18,24H,3-4,9-10,12H2. The van der Waals surface area contributed by atoms with Crippen LogP contribution in [0.1, 0.15) is 29.2 Å². The molecule has 0 bridgehead atoms. The van der Waals surface area contributed by atoms with Gasteiger partial charge >= 0.3 is 0 Å². The van der Waals surface area contributed by atoms with Gasteiger partial charge in [-0.2, -0.15) is 0 Å². The van der Waals surface area contributed by atoms with Gasteiger partial charge < -0.3 is 19.5 Å². The van der Waals surface area contributed by atoms with E-state index in [1.54, 1.807) is 11.8 Å². The molecular formula is C20H19ClN2O3S. The lowest BCUT2D eigenvalue weighted by molar-refractivity contribution is -0.0712. The Labute approximate surface area is 166 Å². The van der Waals surface area contributed by atoms with E-state index in [0.717, 1.165) is 42.2 Å². The molecule has 0 saturated carbocycles. The summed E-state index contributed by atoms with van der Waals surface area (Å²) in [5.74, 6) is 1.36. The zero-order chi connectivity index (χ0) is 18.4. The number of aliphatic imine (C=N–C) groups is 1. The Kier molecular flexibility index (Phi) is 4.22. The van der Waals surface area contributed by atoms with Crippen molar-refractivity contribution in [3.05, 3.63) is 58.6 Å². The van der Waals surface area contributed by atoms with Crippen LogP contribution < -0.4 is 9.47 Å². The molecule has 140 valence electrons. The molecule has 2 unspecified atom stereocenters. The second-order valence-corrected chi connectivity index (χ2v) is 8.32. The molecular weight excluding hydrogens is 384 g/mol. The van der Waals surface area contributed by atoms with E-state index < -0.39 is 5.72 Å². The molecule has 3 aliphatic heterocycles. The van der Waals surface area contributed by atoms with E-state index in [9.17, 15) is 5.11 Å². The van der Waals surface area contributed by atoms with Gasteiger partial charge in [0.2, 0.25) is 6.79 Å². The van der Waals surface area contributed by atoms with Gasteiger partial charge in [0.15, 0.2) is 22.4 Å². The molecule has 2 atom stereocenters. The highest BCUT2D eigenvalue weighted by molar-refractivity contribution is 8.14. The van der Waals surface area contributed by atoms with E-state index in [1.807, 2.05) is 47.4 Å². The Balaban J connectivity index is 1.67. The molecule has 5 nitrogen and oxygen atoms in total. The predicted molar refractivity (Wildman–Crippen MR) is 106 cm³/mol. The summed E-state index contributed by atoms with van der Waals surface area (Å²) in [7, 11) is 0. The average Bonchev–Trinajstić information content (AvgIpc) is 3.16. The van der Waals surface area contributed by atoms with Crippen molar-refractivity contribution in [3.63, 3.8) is 0 Å². The number of hydrogen-bond acceptors (Lipinski definition) is 6. The van der Waals surface area contributed by atoms with Crippen LogP contribution in [0.3, 0.4) is 0 Å². The first-order valence-corrected chi connectivity index (χ1v) is 10.3. The summed E-state index contributed by atoms with van der Waals surface area (Å²) in [5, 5.41) is 13.4. The Morgan fingerprint density at radius 3 is 2.89 bits per heavy atom. The van der Waals surface area contributed by atoms with Crippen LogP contribution in [0.15, 0.2) is 47.5 Å². The van der Waals surface area contributed by atoms with Gasteiger partial charge in [-0.15, -0.1) is 0 Å². The Morgan fingerprint density at radius 2 is 2.00 bits per heavy atom. The predicted octanol–water partition coefficient (Wildman–Crippen LogP) is 4.15. The third kappa shape index (κ3) is 2.70. The fourth-order valence-corrected chi connectivity index (χ4v) is 5.69. The normalized spacial score (nSPS) is 26.5. The van der Waals surface area contributed by atoms with Crippen LogP contribution in [-0.4, -0.2) is 35.1 Å². The third-order valence-electron chi connectivity index (χ3n) is 5.25. The minimum Gasteiger partial charge on any atom is -0.454 e. The first-order valence-electron chi connectivity index (χ1n) is 9.03. The van der Waals surface area contributed by atoms with Crippen LogP contribution >= 0.6 is 23.4 Å². The number of nitrogens with zero attached hydrogens (tertiary/aromatic N) is 2.